The Morgan fingerprint density at radius 2 is 1.64 bits per heavy atom. The highest BCUT2D eigenvalue weighted by Gasteiger charge is 2.06. The van der Waals surface area contributed by atoms with Crippen LogP contribution in [0.2, 0.25) is 5.02 Å². The van der Waals surface area contributed by atoms with Gasteiger partial charge in [0.15, 0.2) is 0 Å². The van der Waals surface area contributed by atoms with Crippen LogP contribution in [0.1, 0.15) is 11.1 Å². The largest absolute Gasteiger partial charge is 0.383 e. The van der Waals surface area contributed by atoms with Gasteiger partial charge < -0.3 is 5.73 Å². The fourth-order valence-electron chi connectivity index (χ4n) is 2.26. The number of halogens is 1. The van der Waals surface area contributed by atoms with Gasteiger partial charge in [-0.1, -0.05) is 23.7 Å². The summed E-state index contributed by atoms with van der Waals surface area (Å²) in [6, 6.07) is 9.91. The molecule has 0 bridgehead atoms. The van der Waals surface area contributed by atoms with Crippen molar-refractivity contribution in [3.8, 4) is 11.1 Å². The van der Waals surface area contributed by atoms with Gasteiger partial charge >= 0.3 is 0 Å². The average molecular weight is 311 g/mol. The number of pyridine rings is 1. The summed E-state index contributed by atoms with van der Waals surface area (Å²) < 4.78 is 0. The van der Waals surface area contributed by atoms with Gasteiger partial charge in [-0.25, -0.2) is 15.0 Å². The van der Waals surface area contributed by atoms with E-state index in [-0.39, 0.29) is 0 Å². The number of aryl methyl sites for hydroxylation is 2. The van der Waals surface area contributed by atoms with Crippen molar-refractivity contribution in [1.29, 1.82) is 0 Å². The molecule has 0 atom stereocenters. The summed E-state index contributed by atoms with van der Waals surface area (Å²) in [6.45, 7) is 0. The molecule has 2 heterocycles. The zero-order valence-corrected chi connectivity index (χ0v) is 12.7. The first kappa shape index (κ1) is 14.5. The molecule has 0 saturated heterocycles. The Labute approximate surface area is 134 Å². The van der Waals surface area contributed by atoms with E-state index in [1.165, 1.54) is 11.9 Å². The molecule has 2 N–H and O–H groups in total. The van der Waals surface area contributed by atoms with Crippen molar-refractivity contribution in [2.45, 2.75) is 12.8 Å². The van der Waals surface area contributed by atoms with Crippen LogP contribution in [-0.2, 0) is 12.8 Å². The smallest absolute Gasteiger partial charge is 0.126 e. The maximum Gasteiger partial charge on any atom is 0.126 e. The van der Waals surface area contributed by atoms with E-state index in [1.54, 1.807) is 18.6 Å². The summed E-state index contributed by atoms with van der Waals surface area (Å²) in [5.74, 6) is 0.564. The van der Waals surface area contributed by atoms with Crippen LogP contribution < -0.4 is 5.73 Å². The van der Waals surface area contributed by atoms with Crippen LogP contribution in [0.4, 0.5) is 5.82 Å². The van der Waals surface area contributed by atoms with Crippen molar-refractivity contribution >= 4 is 17.4 Å². The van der Waals surface area contributed by atoms with E-state index < -0.39 is 0 Å². The number of rotatable bonds is 4. The Morgan fingerprint density at radius 1 is 0.909 bits per heavy atom. The summed E-state index contributed by atoms with van der Waals surface area (Å²) in [4.78, 5) is 12.3. The molecule has 2 aromatic heterocycles. The van der Waals surface area contributed by atoms with E-state index in [4.69, 9.17) is 17.3 Å². The first-order valence-corrected chi connectivity index (χ1v) is 7.34. The van der Waals surface area contributed by atoms with Crippen molar-refractivity contribution in [3.05, 3.63) is 71.4 Å². The van der Waals surface area contributed by atoms with Crippen molar-refractivity contribution in [2.24, 2.45) is 0 Å². The monoisotopic (exact) mass is 310 g/mol. The summed E-state index contributed by atoms with van der Waals surface area (Å²) in [6.07, 6.45) is 8.50. The molecule has 0 fully saturated rings. The molecular weight excluding hydrogens is 296 g/mol. The van der Waals surface area contributed by atoms with Crippen molar-refractivity contribution in [1.82, 2.24) is 15.0 Å². The second-order valence-electron chi connectivity index (χ2n) is 5.02. The molecule has 3 rings (SSSR count). The minimum absolute atomic E-state index is 0.564. The molecule has 5 heteroatoms. The first-order chi connectivity index (χ1) is 10.7. The Hall–Kier alpha value is -2.46. The first-order valence-electron chi connectivity index (χ1n) is 6.96. The minimum Gasteiger partial charge on any atom is -0.383 e. The van der Waals surface area contributed by atoms with Gasteiger partial charge in [0.2, 0.25) is 0 Å². The molecular formula is C17H15ClN4. The fraction of sp³-hybridized carbons (Fsp3) is 0.118. The van der Waals surface area contributed by atoms with Crippen molar-refractivity contribution < 1.29 is 0 Å². The molecule has 1 aromatic carbocycles. The summed E-state index contributed by atoms with van der Waals surface area (Å²) >= 11 is 5.90. The molecule has 0 radical (unpaired) electrons. The fourth-order valence-corrected chi connectivity index (χ4v) is 2.38. The maximum absolute atomic E-state index is 5.99. The van der Waals surface area contributed by atoms with E-state index in [1.807, 2.05) is 24.3 Å². The zero-order valence-electron chi connectivity index (χ0n) is 11.9. The number of nitrogens with two attached hydrogens (primary N) is 1. The molecule has 0 amide bonds. The molecule has 0 aliphatic heterocycles. The highest BCUT2D eigenvalue weighted by atomic mass is 35.5. The Balaban J connectivity index is 1.80. The Morgan fingerprint density at radius 3 is 2.36 bits per heavy atom. The molecule has 22 heavy (non-hydrogen) atoms. The SMILES string of the molecule is Nc1ncc(-c2cncnc2)cc1CCc1ccc(Cl)cc1. The molecule has 0 unspecified atom stereocenters. The molecule has 4 nitrogen and oxygen atoms in total. The van der Waals surface area contributed by atoms with Gasteiger partial charge in [0, 0.05) is 34.7 Å². The minimum atomic E-state index is 0.564. The standard InChI is InChI=1S/C17H15ClN4/c18-16-5-2-12(3-6-16)1-4-13-7-14(10-22-17(13)19)15-8-20-11-21-9-15/h2-3,5-11H,1,4H2,(H2,19,22). The summed E-state index contributed by atoms with van der Waals surface area (Å²) in [5.41, 5.74) is 10.1. The van der Waals surface area contributed by atoms with E-state index in [2.05, 4.69) is 21.0 Å². The van der Waals surface area contributed by atoms with Gasteiger partial charge in [-0.2, -0.15) is 0 Å². The van der Waals surface area contributed by atoms with Crippen molar-refractivity contribution in [2.75, 3.05) is 5.73 Å². The van der Waals surface area contributed by atoms with Crippen molar-refractivity contribution in [3.63, 3.8) is 0 Å². The van der Waals surface area contributed by atoms with Crippen LogP contribution in [0.5, 0.6) is 0 Å². The predicted molar refractivity (Wildman–Crippen MR) is 88.5 cm³/mol. The lowest BCUT2D eigenvalue weighted by molar-refractivity contribution is 0.955. The van der Waals surface area contributed by atoms with Crippen LogP contribution in [0.15, 0.2) is 55.2 Å². The van der Waals surface area contributed by atoms with E-state index in [0.29, 0.717) is 5.82 Å². The maximum atomic E-state index is 5.99. The van der Waals surface area contributed by atoms with E-state index in [9.17, 15) is 0 Å². The Kier molecular flexibility index (Phi) is 4.30. The third-order valence-corrected chi connectivity index (χ3v) is 3.74. The number of benzene rings is 1. The summed E-state index contributed by atoms with van der Waals surface area (Å²) in [7, 11) is 0. The number of nitrogen functional groups attached to an aromatic ring is 1. The van der Waals surface area contributed by atoms with Crippen LogP contribution >= 0.6 is 11.6 Å². The van der Waals surface area contributed by atoms with Crippen LogP contribution in [0.25, 0.3) is 11.1 Å². The molecule has 3 aromatic rings. The number of anilines is 1. The predicted octanol–water partition coefficient (Wildman–Crippen LogP) is 3.56. The highest BCUT2D eigenvalue weighted by Crippen LogP contribution is 2.22. The van der Waals surface area contributed by atoms with E-state index in [0.717, 1.165) is 34.6 Å². The summed E-state index contributed by atoms with van der Waals surface area (Å²) in [5, 5.41) is 0.746. The number of aromatic nitrogens is 3. The topological polar surface area (TPSA) is 64.7 Å². The third kappa shape index (κ3) is 3.40. The molecule has 110 valence electrons. The molecule has 0 aliphatic rings. The number of hydrogen-bond donors (Lipinski definition) is 1. The molecule has 0 aliphatic carbocycles. The lowest BCUT2D eigenvalue weighted by Crippen LogP contribution is -2.00. The normalized spacial score (nSPS) is 10.6. The average Bonchev–Trinajstić information content (AvgIpc) is 2.56. The lowest BCUT2D eigenvalue weighted by Gasteiger charge is -2.08. The van der Waals surface area contributed by atoms with Gasteiger partial charge in [0.25, 0.3) is 0 Å². The zero-order chi connectivity index (χ0) is 15.4. The Bertz CT molecular complexity index is 757. The van der Waals surface area contributed by atoms with Crippen LogP contribution in [0, 0.1) is 0 Å². The third-order valence-electron chi connectivity index (χ3n) is 3.49. The van der Waals surface area contributed by atoms with Gasteiger partial charge in [0.1, 0.15) is 12.1 Å². The van der Waals surface area contributed by atoms with Gasteiger partial charge in [-0.3, -0.25) is 0 Å². The highest BCUT2D eigenvalue weighted by molar-refractivity contribution is 6.30. The molecule has 0 saturated carbocycles. The van der Waals surface area contributed by atoms with Crippen LogP contribution in [0.3, 0.4) is 0 Å². The quantitative estimate of drug-likeness (QED) is 0.800. The molecule has 0 spiro atoms. The van der Waals surface area contributed by atoms with Gasteiger partial charge in [0.05, 0.1) is 0 Å². The number of hydrogen-bond acceptors (Lipinski definition) is 4. The number of nitrogens with zero attached hydrogens (tertiary/aromatic N) is 3. The van der Waals surface area contributed by atoms with Gasteiger partial charge in [-0.15, -0.1) is 0 Å². The second kappa shape index (κ2) is 6.54. The second-order valence-corrected chi connectivity index (χ2v) is 5.46. The van der Waals surface area contributed by atoms with Crippen LogP contribution in [-0.4, -0.2) is 15.0 Å². The van der Waals surface area contributed by atoms with E-state index >= 15 is 0 Å². The lowest BCUT2D eigenvalue weighted by atomic mass is 10.0. The van der Waals surface area contributed by atoms with Gasteiger partial charge in [-0.05, 0) is 42.2 Å².